The van der Waals surface area contributed by atoms with Gasteiger partial charge in [-0.3, -0.25) is 0 Å². The Balaban J connectivity index is 2.19. The van der Waals surface area contributed by atoms with Crippen LogP contribution in [0.3, 0.4) is 0 Å². The lowest BCUT2D eigenvalue weighted by atomic mass is 9.99. The van der Waals surface area contributed by atoms with E-state index in [-0.39, 0.29) is 6.04 Å². The van der Waals surface area contributed by atoms with Crippen molar-refractivity contribution in [3.63, 3.8) is 0 Å². The van der Waals surface area contributed by atoms with Crippen molar-refractivity contribution in [3.8, 4) is 0 Å². The van der Waals surface area contributed by atoms with Crippen molar-refractivity contribution in [3.05, 3.63) is 47.5 Å². The molecule has 96 valence electrons. The molecule has 0 fully saturated rings. The fourth-order valence-electron chi connectivity index (χ4n) is 2.16. The first kappa shape index (κ1) is 12.8. The molecule has 0 aliphatic rings. The molecule has 0 bridgehead atoms. The fraction of sp³-hybridized carbons (Fsp3) is 0.429. The summed E-state index contributed by atoms with van der Waals surface area (Å²) in [7, 11) is 0. The van der Waals surface area contributed by atoms with Gasteiger partial charge in [0, 0.05) is 18.5 Å². The zero-order valence-electron chi connectivity index (χ0n) is 11.2. The minimum absolute atomic E-state index is 0.0344. The molecule has 1 aromatic heterocycles. The highest BCUT2D eigenvalue weighted by Crippen LogP contribution is 2.19. The molecule has 1 aromatic carbocycles. The molecule has 1 unspecified atom stereocenters. The second kappa shape index (κ2) is 5.31. The van der Waals surface area contributed by atoms with Crippen LogP contribution in [0.25, 0.3) is 0 Å². The largest absolute Gasteiger partial charge is 0.324 e. The van der Waals surface area contributed by atoms with Crippen molar-refractivity contribution in [1.82, 2.24) is 14.8 Å². The van der Waals surface area contributed by atoms with Gasteiger partial charge < -0.3 is 5.73 Å². The summed E-state index contributed by atoms with van der Waals surface area (Å²) in [6.45, 7) is 6.28. The van der Waals surface area contributed by atoms with Gasteiger partial charge >= 0.3 is 0 Å². The number of aromatic nitrogens is 3. The Morgan fingerprint density at radius 1 is 1.28 bits per heavy atom. The van der Waals surface area contributed by atoms with E-state index in [4.69, 9.17) is 5.73 Å². The highest BCUT2D eigenvalue weighted by atomic mass is 15.3. The second-order valence-electron chi connectivity index (χ2n) is 4.88. The average Bonchev–Trinajstić information content (AvgIpc) is 2.77. The monoisotopic (exact) mass is 244 g/mol. The van der Waals surface area contributed by atoms with E-state index in [1.54, 1.807) is 6.33 Å². The van der Waals surface area contributed by atoms with Crippen LogP contribution in [-0.2, 0) is 6.42 Å². The topological polar surface area (TPSA) is 56.7 Å². The lowest BCUT2D eigenvalue weighted by Crippen LogP contribution is -2.18. The van der Waals surface area contributed by atoms with Gasteiger partial charge in [0.25, 0.3) is 0 Å². The molecule has 0 radical (unpaired) electrons. The molecule has 1 atom stereocenters. The van der Waals surface area contributed by atoms with Crippen molar-refractivity contribution >= 4 is 0 Å². The van der Waals surface area contributed by atoms with E-state index >= 15 is 0 Å². The smallest absolute Gasteiger partial charge is 0.138 e. The van der Waals surface area contributed by atoms with Gasteiger partial charge in [0.05, 0.1) is 0 Å². The quantitative estimate of drug-likeness (QED) is 0.898. The highest BCUT2D eigenvalue weighted by Gasteiger charge is 2.14. The number of hydrogen-bond donors (Lipinski definition) is 1. The normalized spacial score (nSPS) is 12.9. The number of benzene rings is 1. The van der Waals surface area contributed by atoms with Crippen molar-refractivity contribution < 1.29 is 0 Å². The van der Waals surface area contributed by atoms with Crippen molar-refractivity contribution in [2.24, 2.45) is 5.73 Å². The van der Waals surface area contributed by atoms with Crippen LogP contribution in [0.15, 0.2) is 30.6 Å². The predicted molar refractivity (Wildman–Crippen MR) is 72.2 cm³/mol. The van der Waals surface area contributed by atoms with E-state index in [1.165, 1.54) is 11.1 Å². The molecule has 2 aromatic rings. The Bertz CT molecular complexity index is 516. The molecule has 18 heavy (non-hydrogen) atoms. The summed E-state index contributed by atoms with van der Waals surface area (Å²) in [4.78, 5) is 4.30. The van der Waals surface area contributed by atoms with E-state index in [0.29, 0.717) is 12.5 Å². The first-order valence-electron chi connectivity index (χ1n) is 6.29. The fourth-order valence-corrected chi connectivity index (χ4v) is 2.16. The van der Waals surface area contributed by atoms with Crippen LogP contribution >= 0.6 is 0 Å². The molecule has 0 saturated carbocycles. The van der Waals surface area contributed by atoms with Gasteiger partial charge in [0.1, 0.15) is 12.2 Å². The molecule has 4 nitrogen and oxygen atoms in total. The summed E-state index contributed by atoms with van der Waals surface area (Å²) in [5.74, 6) is 0.945. The maximum atomic E-state index is 6.27. The average molecular weight is 244 g/mol. The molecule has 0 aliphatic heterocycles. The van der Waals surface area contributed by atoms with Gasteiger partial charge in [-0.05, 0) is 31.9 Å². The van der Waals surface area contributed by atoms with Gasteiger partial charge in [0.2, 0.25) is 0 Å². The third-order valence-electron chi connectivity index (χ3n) is 3.13. The van der Waals surface area contributed by atoms with Gasteiger partial charge in [-0.2, -0.15) is 5.10 Å². The Labute approximate surface area is 108 Å². The first-order valence-corrected chi connectivity index (χ1v) is 6.29. The van der Waals surface area contributed by atoms with Gasteiger partial charge in [-0.15, -0.1) is 0 Å². The van der Waals surface area contributed by atoms with Crippen molar-refractivity contribution in [2.75, 3.05) is 0 Å². The van der Waals surface area contributed by atoms with Gasteiger partial charge in [0.15, 0.2) is 0 Å². The Kier molecular flexibility index (Phi) is 3.77. The van der Waals surface area contributed by atoms with Crippen molar-refractivity contribution in [2.45, 2.75) is 39.3 Å². The standard InChI is InChI=1S/C14H20N4/c1-10(2)18-14(16-9-17-18)8-13(15)12-7-5-4-6-11(12)3/h4-7,9-10,13H,8,15H2,1-3H3. The maximum Gasteiger partial charge on any atom is 0.138 e. The summed E-state index contributed by atoms with van der Waals surface area (Å²) < 4.78 is 1.93. The van der Waals surface area contributed by atoms with Crippen LogP contribution < -0.4 is 5.73 Å². The third-order valence-corrected chi connectivity index (χ3v) is 3.13. The molecular formula is C14H20N4. The molecule has 1 heterocycles. The van der Waals surface area contributed by atoms with Crippen LogP contribution in [0, 0.1) is 6.92 Å². The number of rotatable bonds is 4. The lowest BCUT2D eigenvalue weighted by Gasteiger charge is -2.16. The summed E-state index contributed by atoms with van der Waals surface area (Å²) in [5.41, 5.74) is 8.67. The van der Waals surface area contributed by atoms with Crippen LogP contribution in [0.2, 0.25) is 0 Å². The Morgan fingerprint density at radius 3 is 2.67 bits per heavy atom. The molecule has 0 amide bonds. The lowest BCUT2D eigenvalue weighted by molar-refractivity contribution is 0.493. The SMILES string of the molecule is Cc1ccccc1C(N)Cc1ncnn1C(C)C. The summed E-state index contributed by atoms with van der Waals surface area (Å²) >= 11 is 0. The minimum atomic E-state index is -0.0344. The highest BCUT2D eigenvalue weighted by molar-refractivity contribution is 5.29. The molecule has 0 spiro atoms. The zero-order valence-corrected chi connectivity index (χ0v) is 11.2. The minimum Gasteiger partial charge on any atom is -0.324 e. The molecular weight excluding hydrogens is 224 g/mol. The molecule has 0 aliphatic carbocycles. The van der Waals surface area contributed by atoms with Crippen LogP contribution in [0.5, 0.6) is 0 Å². The van der Waals surface area contributed by atoms with E-state index in [9.17, 15) is 0 Å². The summed E-state index contributed by atoms with van der Waals surface area (Å²) in [6.07, 6.45) is 2.31. The van der Waals surface area contributed by atoms with Gasteiger partial charge in [-0.25, -0.2) is 9.67 Å². The third kappa shape index (κ3) is 2.59. The number of aryl methyl sites for hydroxylation is 1. The van der Waals surface area contributed by atoms with Crippen LogP contribution in [0.4, 0.5) is 0 Å². The van der Waals surface area contributed by atoms with E-state index in [1.807, 2.05) is 16.8 Å². The van der Waals surface area contributed by atoms with E-state index < -0.39 is 0 Å². The molecule has 2 N–H and O–H groups in total. The molecule has 4 heteroatoms. The van der Waals surface area contributed by atoms with Crippen LogP contribution in [-0.4, -0.2) is 14.8 Å². The Hall–Kier alpha value is -1.68. The van der Waals surface area contributed by atoms with Crippen molar-refractivity contribution in [1.29, 1.82) is 0 Å². The molecule has 2 rings (SSSR count). The summed E-state index contributed by atoms with van der Waals surface area (Å²) in [6, 6.07) is 8.50. The van der Waals surface area contributed by atoms with Crippen LogP contribution in [0.1, 0.15) is 42.9 Å². The molecule has 0 saturated heterocycles. The second-order valence-corrected chi connectivity index (χ2v) is 4.88. The van der Waals surface area contributed by atoms with E-state index in [2.05, 4.69) is 43.0 Å². The zero-order chi connectivity index (χ0) is 13.1. The Morgan fingerprint density at radius 2 is 2.00 bits per heavy atom. The predicted octanol–water partition coefficient (Wildman–Crippen LogP) is 2.41. The maximum absolute atomic E-state index is 6.27. The van der Waals surface area contributed by atoms with E-state index in [0.717, 1.165) is 5.82 Å². The first-order chi connectivity index (χ1) is 8.59. The summed E-state index contributed by atoms with van der Waals surface area (Å²) in [5, 5.41) is 4.23. The number of hydrogen-bond acceptors (Lipinski definition) is 3. The number of nitrogens with two attached hydrogens (primary N) is 1. The van der Waals surface area contributed by atoms with Gasteiger partial charge in [-0.1, -0.05) is 24.3 Å². The number of nitrogens with zero attached hydrogens (tertiary/aromatic N) is 3.